The number of fused-ring (bicyclic) bond motifs is 2. The van der Waals surface area contributed by atoms with Crippen molar-refractivity contribution in [3.8, 4) is 11.3 Å². The van der Waals surface area contributed by atoms with Crippen LogP contribution in [-0.4, -0.2) is 91.3 Å². The number of piperazine rings is 1. The maximum absolute atomic E-state index is 13.4. The highest BCUT2D eigenvalue weighted by Gasteiger charge is 2.28. The Labute approximate surface area is 336 Å². The zero-order valence-corrected chi connectivity index (χ0v) is 33.9. The maximum Gasteiger partial charge on any atom is 0.243 e. The van der Waals surface area contributed by atoms with Gasteiger partial charge in [0.1, 0.15) is 0 Å². The number of benzene rings is 4. The fraction of sp³-hybridized carbons (Fsp3) is 0.356. The Kier molecular flexibility index (Phi) is 12.6. The summed E-state index contributed by atoms with van der Waals surface area (Å²) >= 11 is 1.86. The third kappa shape index (κ3) is 9.61. The van der Waals surface area contributed by atoms with Crippen LogP contribution < -0.4 is 5.32 Å². The van der Waals surface area contributed by atoms with E-state index in [0.29, 0.717) is 31.1 Å². The Morgan fingerprint density at radius 3 is 2.16 bits per heavy atom. The topological polar surface area (TPSA) is 81.2 Å². The van der Waals surface area contributed by atoms with Gasteiger partial charge in [0.2, 0.25) is 10.0 Å². The van der Waals surface area contributed by atoms with Gasteiger partial charge in [-0.1, -0.05) is 66.7 Å². The van der Waals surface area contributed by atoms with Crippen molar-refractivity contribution in [2.45, 2.75) is 55.4 Å². The molecule has 1 aromatic heterocycles. The van der Waals surface area contributed by atoms with Gasteiger partial charge in [0.15, 0.2) is 0 Å². The van der Waals surface area contributed by atoms with Gasteiger partial charge in [-0.2, -0.15) is 4.31 Å². The van der Waals surface area contributed by atoms with Gasteiger partial charge in [-0.05, 0) is 100 Å². The van der Waals surface area contributed by atoms with Gasteiger partial charge in [-0.15, -0.1) is 0 Å². The molecule has 0 bridgehead atoms. The summed E-state index contributed by atoms with van der Waals surface area (Å²) in [6, 6.07) is 35.5. The largest absolute Gasteiger partial charge is 0.383 e. The molecule has 0 spiro atoms. The van der Waals surface area contributed by atoms with Crippen LogP contribution in [0.1, 0.15) is 38.9 Å². The third-order valence-corrected chi connectivity index (χ3v) is 14.2. The fourth-order valence-corrected chi connectivity index (χ4v) is 10.2. The SMILES string of the molecule is COCCN1CCN(Cc2ccc(SN3CCc4ccc(-c5ccc(CNCc6ccc(S(=O)(=O)N7CCc8ccccc8C7)cc6)cn5)cc4C3)cc2)CC1. The number of sulfonamides is 1. The molecular formula is C45H52N6O3S2. The summed E-state index contributed by atoms with van der Waals surface area (Å²) in [5, 5.41) is 3.49. The highest BCUT2D eigenvalue weighted by atomic mass is 32.2. The quantitative estimate of drug-likeness (QED) is 0.125. The highest BCUT2D eigenvalue weighted by Crippen LogP contribution is 2.32. The van der Waals surface area contributed by atoms with Gasteiger partial charge in [0.05, 0.1) is 17.2 Å². The Balaban J connectivity index is 0.797. The Morgan fingerprint density at radius 2 is 1.39 bits per heavy atom. The van der Waals surface area contributed by atoms with Crippen LogP contribution in [0.25, 0.3) is 11.3 Å². The highest BCUT2D eigenvalue weighted by molar-refractivity contribution is 7.97. The smallest absolute Gasteiger partial charge is 0.243 e. The molecule has 3 aliphatic heterocycles. The number of methoxy groups -OCH3 is 1. The minimum atomic E-state index is -3.54. The molecule has 1 N–H and O–H groups in total. The van der Waals surface area contributed by atoms with Crippen molar-refractivity contribution in [3.05, 3.63) is 148 Å². The lowest BCUT2D eigenvalue weighted by Gasteiger charge is -2.34. The molecule has 4 aromatic carbocycles. The summed E-state index contributed by atoms with van der Waals surface area (Å²) in [4.78, 5) is 11.5. The zero-order valence-electron chi connectivity index (χ0n) is 32.3. The summed E-state index contributed by atoms with van der Waals surface area (Å²) in [6.45, 7) is 11.4. The first-order chi connectivity index (χ1) is 27.4. The maximum atomic E-state index is 13.4. The number of hydrogen-bond donors (Lipinski definition) is 1. The first kappa shape index (κ1) is 38.9. The van der Waals surface area contributed by atoms with Crippen LogP contribution in [0.4, 0.5) is 0 Å². The van der Waals surface area contributed by atoms with E-state index < -0.39 is 10.0 Å². The Hall–Kier alpha value is -3.91. The summed E-state index contributed by atoms with van der Waals surface area (Å²) in [5.74, 6) is 0. The van der Waals surface area contributed by atoms with Crippen molar-refractivity contribution in [3.63, 3.8) is 0 Å². The molecule has 0 atom stereocenters. The third-order valence-electron chi connectivity index (χ3n) is 11.3. The standard InChI is InChI=1S/C45H52N6O3S2/c1-54-27-26-48-22-24-49(25-23-48)32-36-6-13-43(14-7-36)55-50-20-18-39-11-12-40(28-42(39)33-50)45-17-10-37(31-47-45)30-46-29-35-8-15-44(16-9-35)56(52,53)51-21-19-38-4-2-3-5-41(38)34-51/h2-17,28,31,46H,18-27,29-30,32-34H2,1H3. The molecule has 8 rings (SSSR count). The predicted octanol–water partition coefficient (Wildman–Crippen LogP) is 6.61. The van der Waals surface area contributed by atoms with Crippen molar-refractivity contribution in [2.24, 2.45) is 0 Å². The predicted molar refractivity (Wildman–Crippen MR) is 224 cm³/mol. The van der Waals surface area contributed by atoms with Crippen LogP contribution in [0.15, 0.2) is 119 Å². The molecule has 9 nitrogen and oxygen atoms in total. The van der Waals surface area contributed by atoms with Crippen molar-refractivity contribution in [1.29, 1.82) is 0 Å². The number of rotatable bonds is 14. The molecule has 1 fully saturated rings. The van der Waals surface area contributed by atoms with Gasteiger partial charge < -0.3 is 10.1 Å². The average Bonchev–Trinajstić information content (AvgIpc) is 3.24. The van der Waals surface area contributed by atoms with E-state index in [1.54, 1.807) is 23.5 Å². The number of pyridine rings is 1. The zero-order chi connectivity index (χ0) is 38.3. The van der Waals surface area contributed by atoms with Crippen LogP contribution in [0.2, 0.25) is 0 Å². The Morgan fingerprint density at radius 1 is 0.696 bits per heavy atom. The molecule has 0 saturated carbocycles. The number of ether oxygens (including phenoxy) is 1. The molecule has 11 heteroatoms. The van der Waals surface area contributed by atoms with Crippen LogP contribution in [-0.2, 0) is 60.3 Å². The summed E-state index contributed by atoms with van der Waals surface area (Å²) < 4.78 is 36.0. The molecule has 0 radical (unpaired) electrons. The molecule has 56 heavy (non-hydrogen) atoms. The van der Waals surface area contributed by atoms with E-state index in [0.717, 1.165) is 99.8 Å². The molecule has 1 saturated heterocycles. The van der Waals surface area contributed by atoms with E-state index in [1.807, 2.05) is 48.5 Å². The number of nitrogens with one attached hydrogen (secondary N) is 1. The lowest BCUT2D eigenvalue weighted by Crippen LogP contribution is -2.46. The molecule has 3 aliphatic rings. The summed E-state index contributed by atoms with van der Waals surface area (Å²) in [7, 11) is -1.77. The van der Waals surface area contributed by atoms with E-state index >= 15 is 0 Å². The minimum Gasteiger partial charge on any atom is -0.383 e. The fourth-order valence-electron chi connectivity index (χ4n) is 7.88. The average molecular weight is 789 g/mol. The second-order valence-corrected chi connectivity index (χ2v) is 18.2. The molecule has 0 amide bonds. The number of aromatic nitrogens is 1. The lowest BCUT2D eigenvalue weighted by molar-refractivity contribution is 0.0938. The number of nitrogens with zero attached hydrogens (tertiary/aromatic N) is 5. The second-order valence-electron chi connectivity index (χ2n) is 15.1. The van der Waals surface area contributed by atoms with E-state index in [2.05, 4.69) is 80.1 Å². The van der Waals surface area contributed by atoms with Crippen molar-refractivity contribution < 1.29 is 13.2 Å². The molecule has 5 aromatic rings. The molecular weight excluding hydrogens is 737 g/mol. The monoisotopic (exact) mass is 788 g/mol. The van der Waals surface area contributed by atoms with Crippen LogP contribution in [0.5, 0.6) is 0 Å². The van der Waals surface area contributed by atoms with Gasteiger partial charge in [-0.3, -0.25) is 14.8 Å². The van der Waals surface area contributed by atoms with E-state index in [9.17, 15) is 8.42 Å². The Bertz CT molecular complexity index is 2170. The van der Waals surface area contributed by atoms with Gasteiger partial charge in [-0.25, -0.2) is 12.7 Å². The molecule has 0 aliphatic carbocycles. The second kappa shape index (κ2) is 18.1. The van der Waals surface area contributed by atoms with Crippen LogP contribution in [0.3, 0.4) is 0 Å². The van der Waals surface area contributed by atoms with Crippen molar-refractivity contribution in [1.82, 2.24) is 28.7 Å². The molecule has 4 heterocycles. The van der Waals surface area contributed by atoms with Gasteiger partial charge in [0, 0.05) is 102 Å². The van der Waals surface area contributed by atoms with Crippen molar-refractivity contribution in [2.75, 3.05) is 59.5 Å². The van der Waals surface area contributed by atoms with Gasteiger partial charge in [0.25, 0.3) is 0 Å². The van der Waals surface area contributed by atoms with E-state index in [1.165, 1.54) is 27.1 Å². The summed E-state index contributed by atoms with van der Waals surface area (Å²) in [5.41, 5.74) is 10.7. The van der Waals surface area contributed by atoms with E-state index in [-0.39, 0.29) is 0 Å². The normalized spacial score (nSPS) is 17.1. The van der Waals surface area contributed by atoms with Crippen molar-refractivity contribution >= 4 is 22.0 Å². The molecule has 292 valence electrons. The number of hydrogen-bond acceptors (Lipinski definition) is 9. The first-order valence-corrected chi connectivity index (χ1v) is 22.0. The van der Waals surface area contributed by atoms with Gasteiger partial charge >= 0.3 is 0 Å². The first-order valence-electron chi connectivity index (χ1n) is 19.8. The lowest BCUT2D eigenvalue weighted by atomic mass is 9.97. The van der Waals surface area contributed by atoms with E-state index in [4.69, 9.17) is 9.72 Å². The minimum absolute atomic E-state index is 0.342. The molecule has 0 unspecified atom stereocenters. The van der Waals surface area contributed by atoms with Crippen LogP contribution in [0, 0.1) is 0 Å². The summed E-state index contributed by atoms with van der Waals surface area (Å²) in [6.07, 6.45) is 3.73. The van der Waals surface area contributed by atoms with Crippen LogP contribution >= 0.6 is 11.9 Å².